The number of fused-ring (bicyclic) bond motifs is 1. The first kappa shape index (κ1) is 11.3. The summed E-state index contributed by atoms with van der Waals surface area (Å²) in [6, 6.07) is 0. The van der Waals surface area contributed by atoms with Crippen LogP contribution in [0.3, 0.4) is 0 Å². The maximum atomic E-state index is 9.36. The lowest BCUT2D eigenvalue weighted by molar-refractivity contribution is 0.211. The van der Waals surface area contributed by atoms with Gasteiger partial charge in [-0.2, -0.15) is 0 Å². The van der Waals surface area contributed by atoms with Crippen molar-refractivity contribution < 1.29 is 5.11 Å². The SMILES string of the molecule is OC[C@@H]1CCS[C@@H]1n1cnc2c(Cl)ncnc21. The summed E-state index contributed by atoms with van der Waals surface area (Å²) in [7, 11) is 0. The van der Waals surface area contributed by atoms with Crippen LogP contribution in [0.2, 0.25) is 5.15 Å². The molecular formula is C10H11ClN4OS. The van der Waals surface area contributed by atoms with E-state index in [-0.39, 0.29) is 17.9 Å². The molecule has 5 nitrogen and oxygen atoms in total. The van der Waals surface area contributed by atoms with Gasteiger partial charge >= 0.3 is 0 Å². The number of hydrogen-bond acceptors (Lipinski definition) is 5. The van der Waals surface area contributed by atoms with Crippen molar-refractivity contribution in [1.29, 1.82) is 0 Å². The van der Waals surface area contributed by atoms with Crippen molar-refractivity contribution in [1.82, 2.24) is 19.5 Å². The Balaban J connectivity index is 2.09. The van der Waals surface area contributed by atoms with Gasteiger partial charge in [0.1, 0.15) is 11.8 Å². The smallest absolute Gasteiger partial charge is 0.165 e. The van der Waals surface area contributed by atoms with Gasteiger partial charge < -0.3 is 9.67 Å². The average molecular weight is 271 g/mol. The Labute approximate surface area is 107 Å². The minimum atomic E-state index is 0.191. The van der Waals surface area contributed by atoms with Gasteiger partial charge in [0.2, 0.25) is 0 Å². The van der Waals surface area contributed by atoms with E-state index < -0.39 is 0 Å². The van der Waals surface area contributed by atoms with Crippen LogP contribution < -0.4 is 0 Å². The van der Waals surface area contributed by atoms with E-state index in [4.69, 9.17) is 11.6 Å². The molecule has 2 aromatic heterocycles. The van der Waals surface area contributed by atoms with Gasteiger partial charge in [0.25, 0.3) is 0 Å². The molecule has 1 aliphatic heterocycles. The molecule has 1 saturated heterocycles. The van der Waals surface area contributed by atoms with E-state index in [1.165, 1.54) is 6.33 Å². The Kier molecular flexibility index (Phi) is 2.94. The fourth-order valence-electron chi connectivity index (χ4n) is 2.12. The van der Waals surface area contributed by atoms with Crippen molar-refractivity contribution in [3.63, 3.8) is 0 Å². The zero-order valence-corrected chi connectivity index (χ0v) is 10.5. The molecule has 7 heteroatoms. The summed E-state index contributed by atoms with van der Waals surface area (Å²) < 4.78 is 1.99. The highest BCUT2D eigenvalue weighted by Crippen LogP contribution is 2.41. The van der Waals surface area contributed by atoms with Crippen molar-refractivity contribution >= 4 is 34.5 Å². The van der Waals surface area contributed by atoms with Crippen LogP contribution in [0.25, 0.3) is 11.2 Å². The van der Waals surface area contributed by atoms with Gasteiger partial charge in [0.05, 0.1) is 11.7 Å². The van der Waals surface area contributed by atoms with E-state index in [1.807, 2.05) is 16.3 Å². The second-order valence-electron chi connectivity index (χ2n) is 3.98. The molecule has 3 heterocycles. The molecule has 1 N–H and O–H groups in total. The van der Waals surface area contributed by atoms with E-state index >= 15 is 0 Å². The summed E-state index contributed by atoms with van der Waals surface area (Å²) in [4.78, 5) is 12.4. The molecule has 3 rings (SSSR count). The summed E-state index contributed by atoms with van der Waals surface area (Å²) in [6.45, 7) is 0.191. The number of aliphatic hydroxyl groups is 1. The van der Waals surface area contributed by atoms with E-state index in [9.17, 15) is 5.11 Å². The average Bonchev–Trinajstić information content (AvgIpc) is 2.94. The summed E-state index contributed by atoms with van der Waals surface area (Å²) in [5, 5.41) is 9.92. The minimum absolute atomic E-state index is 0.191. The summed E-state index contributed by atoms with van der Waals surface area (Å²) in [5.74, 6) is 1.31. The molecule has 0 amide bonds. The number of aliphatic hydroxyl groups excluding tert-OH is 1. The number of rotatable bonds is 2. The Morgan fingerprint density at radius 3 is 3.18 bits per heavy atom. The molecule has 0 saturated carbocycles. The highest BCUT2D eigenvalue weighted by molar-refractivity contribution is 7.99. The number of thioether (sulfide) groups is 1. The van der Waals surface area contributed by atoms with Crippen molar-refractivity contribution in [3.8, 4) is 0 Å². The molecule has 90 valence electrons. The van der Waals surface area contributed by atoms with Gasteiger partial charge in [-0.25, -0.2) is 15.0 Å². The number of nitrogens with zero attached hydrogens (tertiary/aromatic N) is 4. The first-order valence-electron chi connectivity index (χ1n) is 5.36. The molecule has 1 aliphatic rings. The topological polar surface area (TPSA) is 63.8 Å². The molecule has 0 bridgehead atoms. The molecule has 1 fully saturated rings. The predicted octanol–water partition coefficient (Wildman–Crippen LogP) is 1.72. The van der Waals surface area contributed by atoms with Crippen LogP contribution in [0, 0.1) is 5.92 Å². The largest absolute Gasteiger partial charge is 0.396 e. The van der Waals surface area contributed by atoms with Crippen LogP contribution in [-0.2, 0) is 0 Å². The molecular weight excluding hydrogens is 260 g/mol. The van der Waals surface area contributed by atoms with Crippen molar-refractivity contribution in [2.75, 3.05) is 12.4 Å². The van der Waals surface area contributed by atoms with Crippen LogP contribution in [0.15, 0.2) is 12.7 Å². The minimum Gasteiger partial charge on any atom is -0.396 e. The van der Waals surface area contributed by atoms with Gasteiger partial charge in [-0.05, 0) is 12.2 Å². The van der Waals surface area contributed by atoms with Gasteiger partial charge in [0, 0.05) is 12.5 Å². The first-order valence-corrected chi connectivity index (χ1v) is 6.79. The number of halogens is 1. The third kappa shape index (κ3) is 1.80. The maximum absolute atomic E-state index is 9.36. The van der Waals surface area contributed by atoms with Crippen molar-refractivity contribution in [3.05, 3.63) is 17.8 Å². The molecule has 0 unspecified atom stereocenters. The van der Waals surface area contributed by atoms with Gasteiger partial charge in [-0.15, -0.1) is 11.8 Å². The van der Waals surface area contributed by atoms with Crippen LogP contribution in [0.1, 0.15) is 11.8 Å². The molecule has 0 aliphatic carbocycles. The lowest BCUT2D eigenvalue weighted by Gasteiger charge is -2.18. The van der Waals surface area contributed by atoms with Crippen LogP contribution in [0.5, 0.6) is 0 Å². The molecule has 0 spiro atoms. The fraction of sp³-hybridized carbons (Fsp3) is 0.500. The van der Waals surface area contributed by atoms with Crippen molar-refractivity contribution in [2.45, 2.75) is 11.8 Å². The highest BCUT2D eigenvalue weighted by atomic mass is 35.5. The van der Waals surface area contributed by atoms with Gasteiger partial charge in [-0.3, -0.25) is 0 Å². The van der Waals surface area contributed by atoms with E-state index in [0.29, 0.717) is 10.7 Å². The molecule has 2 atom stereocenters. The second kappa shape index (κ2) is 4.44. The zero-order chi connectivity index (χ0) is 11.8. The quantitative estimate of drug-likeness (QED) is 0.842. The van der Waals surface area contributed by atoms with E-state index in [1.54, 1.807) is 6.33 Å². The maximum Gasteiger partial charge on any atom is 0.165 e. The Morgan fingerprint density at radius 2 is 2.35 bits per heavy atom. The van der Waals surface area contributed by atoms with E-state index in [0.717, 1.165) is 17.8 Å². The predicted molar refractivity (Wildman–Crippen MR) is 67.0 cm³/mol. The first-order chi connectivity index (χ1) is 8.31. The Morgan fingerprint density at radius 1 is 1.47 bits per heavy atom. The third-order valence-corrected chi connectivity index (χ3v) is 4.70. The monoisotopic (exact) mass is 270 g/mol. The Hall–Kier alpha value is -0.850. The lowest BCUT2D eigenvalue weighted by atomic mass is 10.1. The summed E-state index contributed by atoms with van der Waals surface area (Å²) in [5.41, 5.74) is 1.36. The van der Waals surface area contributed by atoms with Gasteiger partial charge in [0.15, 0.2) is 10.8 Å². The molecule has 17 heavy (non-hydrogen) atoms. The van der Waals surface area contributed by atoms with Crippen molar-refractivity contribution in [2.24, 2.45) is 5.92 Å². The number of imidazole rings is 1. The molecule has 0 radical (unpaired) electrons. The highest BCUT2D eigenvalue weighted by Gasteiger charge is 2.30. The third-order valence-electron chi connectivity index (χ3n) is 3.00. The Bertz CT molecular complexity index is 546. The van der Waals surface area contributed by atoms with Crippen LogP contribution in [0.4, 0.5) is 0 Å². The number of hydrogen-bond donors (Lipinski definition) is 1. The van der Waals surface area contributed by atoms with E-state index in [2.05, 4.69) is 15.0 Å². The zero-order valence-electron chi connectivity index (χ0n) is 8.95. The lowest BCUT2D eigenvalue weighted by Crippen LogP contribution is -2.15. The fourth-order valence-corrected chi connectivity index (χ4v) is 3.78. The number of aromatic nitrogens is 4. The normalized spacial score (nSPS) is 24.6. The standard InChI is InChI=1S/C10H11ClN4OS/c11-8-7-9(13-4-12-8)15(5-14-7)10-6(3-16)1-2-17-10/h4-6,10,16H,1-3H2/t6-,10-/m0/s1. The second-order valence-corrected chi connectivity index (χ2v) is 5.56. The van der Waals surface area contributed by atoms with Crippen LogP contribution >= 0.6 is 23.4 Å². The summed E-state index contributed by atoms with van der Waals surface area (Å²) in [6.07, 6.45) is 4.19. The molecule has 0 aromatic carbocycles. The van der Waals surface area contributed by atoms with Crippen LogP contribution in [-0.4, -0.2) is 37.0 Å². The molecule has 2 aromatic rings. The van der Waals surface area contributed by atoms with Gasteiger partial charge in [-0.1, -0.05) is 11.6 Å². The summed E-state index contributed by atoms with van der Waals surface area (Å²) >= 11 is 7.78.